The summed E-state index contributed by atoms with van der Waals surface area (Å²) < 4.78 is 43.2. The summed E-state index contributed by atoms with van der Waals surface area (Å²) in [5.41, 5.74) is -0.128. The summed E-state index contributed by atoms with van der Waals surface area (Å²) in [6.45, 7) is 0. The van der Waals surface area contributed by atoms with E-state index >= 15 is 0 Å². The van der Waals surface area contributed by atoms with Crippen LogP contribution in [-0.4, -0.2) is 23.0 Å². The van der Waals surface area contributed by atoms with Crippen molar-refractivity contribution in [1.82, 2.24) is 10.3 Å². The molecular formula is C17H17F3N2O2S. The molecule has 1 saturated carbocycles. The van der Waals surface area contributed by atoms with Crippen LogP contribution < -0.4 is 10.1 Å². The largest absolute Gasteiger partial charge is 0.474 e. The van der Waals surface area contributed by atoms with Crippen molar-refractivity contribution in [1.29, 1.82) is 0 Å². The Morgan fingerprint density at radius 3 is 2.52 bits per heavy atom. The highest BCUT2D eigenvalue weighted by atomic mass is 32.1. The quantitative estimate of drug-likeness (QED) is 0.874. The van der Waals surface area contributed by atoms with Gasteiger partial charge in [0.2, 0.25) is 5.88 Å². The number of carbonyl (C=O) groups excluding carboxylic acids is 1. The van der Waals surface area contributed by atoms with Crippen LogP contribution in [0.15, 0.2) is 35.2 Å². The van der Waals surface area contributed by atoms with Crippen molar-refractivity contribution in [2.75, 3.05) is 0 Å². The van der Waals surface area contributed by atoms with E-state index in [-0.39, 0.29) is 23.9 Å². The van der Waals surface area contributed by atoms with Gasteiger partial charge >= 0.3 is 6.18 Å². The summed E-state index contributed by atoms with van der Waals surface area (Å²) in [5, 5.41) is 6.67. The van der Waals surface area contributed by atoms with Gasteiger partial charge in [-0.15, -0.1) is 0 Å². The molecule has 0 aromatic carbocycles. The first-order valence-corrected chi connectivity index (χ1v) is 8.89. The summed E-state index contributed by atoms with van der Waals surface area (Å²) in [6.07, 6.45) is -0.748. The number of alkyl halides is 3. The van der Waals surface area contributed by atoms with Crippen LogP contribution in [0.5, 0.6) is 5.88 Å². The van der Waals surface area contributed by atoms with E-state index in [0.717, 1.165) is 37.9 Å². The van der Waals surface area contributed by atoms with Gasteiger partial charge in [-0.05, 0) is 43.2 Å². The fourth-order valence-electron chi connectivity index (χ4n) is 2.78. The highest BCUT2D eigenvalue weighted by Crippen LogP contribution is 2.30. The van der Waals surface area contributed by atoms with Crippen LogP contribution in [0, 0.1) is 0 Å². The lowest BCUT2D eigenvalue weighted by Crippen LogP contribution is -2.39. The summed E-state index contributed by atoms with van der Waals surface area (Å²) >= 11 is 1.48. The van der Waals surface area contributed by atoms with Gasteiger partial charge in [-0.25, -0.2) is 4.98 Å². The Bertz CT molecular complexity index is 694. The number of pyridine rings is 1. The molecule has 0 aliphatic heterocycles. The van der Waals surface area contributed by atoms with Gasteiger partial charge in [0.1, 0.15) is 6.10 Å². The average Bonchev–Trinajstić information content (AvgIpc) is 3.11. The Morgan fingerprint density at radius 2 is 1.96 bits per heavy atom. The van der Waals surface area contributed by atoms with Gasteiger partial charge in [0, 0.05) is 29.2 Å². The summed E-state index contributed by atoms with van der Waals surface area (Å²) in [4.78, 5) is 15.8. The van der Waals surface area contributed by atoms with E-state index in [1.807, 2.05) is 5.38 Å². The molecule has 1 amide bonds. The van der Waals surface area contributed by atoms with Gasteiger partial charge < -0.3 is 10.1 Å². The Labute approximate surface area is 147 Å². The second kappa shape index (κ2) is 7.43. The van der Waals surface area contributed by atoms with Crippen LogP contribution in [0.25, 0.3) is 0 Å². The van der Waals surface area contributed by atoms with Crippen molar-refractivity contribution < 1.29 is 22.7 Å². The third kappa shape index (κ3) is 4.72. The maximum atomic E-state index is 12.5. The van der Waals surface area contributed by atoms with E-state index in [0.29, 0.717) is 5.56 Å². The zero-order valence-corrected chi connectivity index (χ0v) is 14.1. The molecule has 0 bridgehead atoms. The molecule has 2 heterocycles. The maximum Gasteiger partial charge on any atom is 0.417 e. The molecule has 1 fully saturated rings. The number of nitrogens with zero attached hydrogens (tertiary/aromatic N) is 1. The van der Waals surface area contributed by atoms with Crippen LogP contribution in [0.1, 0.15) is 41.6 Å². The Hall–Kier alpha value is -2.09. The first-order chi connectivity index (χ1) is 11.9. The SMILES string of the molecule is O=C(NC1CCC(Oc2ccc(C(F)(F)F)cn2)CC1)c1ccsc1. The lowest BCUT2D eigenvalue weighted by molar-refractivity contribution is -0.137. The van der Waals surface area contributed by atoms with Crippen molar-refractivity contribution in [3.05, 3.63) is 46.3 Å². The number of rotatable bonds is 4. The van der Waals surface area contributed by atoms with Gasteiger partial charge in [0.25, 0.3) is 5.91 Å². The van der Waals surface area contributed by atoms with Crippen molar-refractivity contribution in [2.45, 2.75) is 44.0 Å². The first kappa shape index (κ1) is 17.7. The van der Waals surface area contributed by atoms with Crippen molar-refractivity contribution in [3.63, 3.8) is 0 Å². The van der Waals surface area contributed by atoms with Crippen molar-refractivity contribution in [2.24, 2.45) is 0 Å². The Morgan fingerprint density at radius 1 is 1.20 bits per heavy atom. The molecule has 1 N–H and O–H groups in total. The van der Waals surface area contributed by atoms with Crippen LogP contribution in [-0.2, 0) is 6.18 Å². The first-order valence-electron chi connectivity index (χ1n) is 7.95. The molecule has 2 aromatic heterocycles. The Kier molecular flexibility index (Phi) is 5.27. The molecule has 8 heteroatoms. The molecule has 1 aliphatic rings. The molecule has 1 aliphatic carbocycles. The van der Waals surface area contributed by atoms with E-state index in [1.54, 1.807) is 11.4 Å². The zero-order valence-electron chi connectivity index (χ0n) is 13.3. The molecule has 0 unspecified atom stereocenters. The molecule has 0 spiro atoms. The predicted octanol–water partition coefficient (Wildman–Crippen LogP) is 4.28. The second-order valence-electron chi connectivity index (χ2n) is 5.96. The molecule has 0 atom stereocenters. The number of hydrogen-bond donors (Lipinski definition) is 1. The van der Waals surface area contributed by atoms with Gasteiger partial charge in [-0.1, -0.05) is 0 Å². The van der Waals surface area contributed by atoms with Gasteiger partial charge in [-0.3, -0.25) is 4.79 Å². The molecule has 134 valence electrons. The fourth-order valence-corrected chi connectivity index (χ4v) is 3.41. The van der Waals surface area contributed by atoms with Crippen LogP contribution in [0.4, 0.5) is 13.2 Å². The maximum absolute atomic E-state index is 12.5. The highest BCUT2D eigenvalue weighted by molar-refractivity contribution is 7.08. The van der Waals surface area contributed by atoms with Gasteiger partial charge in [-0.2, -0.15) is 24.5 Å². The minimum absolute atomic E-state index is 0.0741. The summed E-state index contributed by atoms with van der Waals surface area (Å²) in [6, 6.07) is 4.08. The highest BCUT2D eigenvalue weighted by Gasteiger charge is 2.31. The normalized spacial score (nSPS) is 20.9. The number of ether oxygens (including phenoxy) is 1. The van der Waals surface area contributed by atoms with E-state index in [1.165, 1.54) is 17.4 Å². The number of aromatic nitrogens is 1. The number of nitrogens with one attached hydrogen (secondary N) is 1. The lowest BCUT2D eigenvalue weighted by Gasteiger charge is -2.29. The lowest BCUT2D eigenvalue weighted by atomic mass is 9.93. The predicted molar refractivity (Wildman–Crippen MR) is 87.7 cm³/mol. The van der Waals surface area contributed by atoms with Crippen LogP contribution in [0.2, 0.25) is 0 Å². The molecular weight excluding hydrogens is 353 g/mol. The van der Waals surface area contributed by atoms with Crippen LogP contribution >= 0.6 is 11.3 Å². The van der Waals surface area contributed by atoms with E-state index in [2.05, 4.69) is 10.3 Å². The number of thiophene rings is 1. The molecule has 3 rings (SSSR count). The minimum atomic E-state index is -4.40. The number of carbonyl (C=O) groups is 1. The van der Waals surface area contributed by atoms with E-state index < -0.39 is 11.7 Å². The Balaban J connectivity index is 1.47. The number of hydrogen-bond acceptors (Lipinski definition) is 4. The second-order valence-corrected chi connectivity index (χ2v) is 6.74. The molecule has 0 radical (unpaired) electrons. The van der Waals surface area contributed by atoms with Crippen molar-refractivity contribution in [3.8, 4) is 5.88 Å². The fraction of sp³-hybridized carbons (Fsp3) is 0.412. The monoisotopic (exact) mass is 370 g/mol. The average molecular weight is 370 g/mol. The van der Waals surface area contributed by atoms with Gasteiger partial charge in [0.15, 0.2) is 0 Å². The third-order valence-electron chi connectivity index (χ3n) is 4.14. The minimum Gasteiger partial charge on any atom is -0.474 e. The van der Waals surface area contributed by atoms with Crippen molar-refractivity contribution >= 4 is 17.2 Å². The number of amides is 1. The third-order valence-corrected chi connectivity index (χ3v) is 4.83. The molecule has 4 nitrogen and oxygen atoms in total. The van der Waals surface area contributed by atoms with Gasteiger partial charge in [0.05, 0.1) is 5.56 Å². The zero-order chi connectivity index (χ0) is 17.9. The standard InChI is InChI=1S/C17H17F3N2O2S/c18-17(19,20)12-1-6-15(21-9-12)24-14-4-2-13(3-5-14)22-16(23)11-7-8-25-10-11/h1,6-10,13-14H,2-5H2,(H,22,23). The molecule has 25 heavy (non-hydrogen) atoms. The topological polar surface area (TPSA) is 51.2 Å². The van der Waals surface area contributed by atoms with Crippen LogP contribution in [0.3, 0.4) is 0 Å². The van der Waals surface area contributed by atoms with E-state index in [9.17, 15) is 18.0 Å². The smallest absolute Gasteiger partial charge is 0.417 e. The molecule has 2 aromatic rings. The summed E-state index contributed by atoms with van der Waals surface area (Å²) in [5.74, 6) is 0.119. The summed E-state index contributed by atoms with van der Waals surface area (Å²) in [7, 11) is 0. The van der Waals surface area contributed by atoms with E-state index in [4.69, 9.17) is 4.74 Å². The number of halogens is 3. The molecule has 0 saturated heterocycles.